The van der Waals surface area contributed by atoms with Crippen molar-refractivity contribution in [1.82, 2.24) is 10.2 Å². The molecule has 0 aromatic heterocycles. The van der Waals surface area contributed by atoms with Gasteiger partial charge >= 0.3 is 0 Å². The molecule has 28 heavy (non-hydrogen) atoms. The van der Waals surface area contributed by atoms with Crippen LogP contribution in [0.5, 0.6) is 0 Å². The van der Waals surface area contributed by atoms with E-state index in [4.69, 9.17) is 0 Å². The molecule has 1 saturated heterocycles. The van der Waals surface area contributed by atoms with Crippen molar-refractivity contribution in [3.8, 4) is 0 Å². The topological polar surface area (TPSA) is 66.5 Å². The van der Waals surface area contributed by atoms with Crippen molar-refractivity contribution < 1.29 is 23.2 Å². The third-order valence-corrected chi connectivity index (χ3v) is 4.97. The quantitative estimate of drug-likeness (QED) is 0.774. The fourth-order valence-electron chi connectivity index (χ4n) is 2.56. The predicted octanol–water partition coefficient (Wildman–Crippen LogP) is 3.74. The van der Waals surface area contributed by atoms with E-state index in [9.17, 15) is 23.2 Å². The molecule has 1 aliphatic heterocycles. The highest BCUT2D eigenvalue weighted by Crippen LogP contribution is 2.31. The van der Waals surface area contributed by atoms with E-state index in [1.807, 2.05) is 31.2 Å². The summed E-state index contributed by atoms with van der Waals surface area (Å²) in [6.07, 6.45) is 1.63. The lowest BCUT2D eigenvalue weighted by Crippen LogP contribution is -2.37. The maximum Gasteiger partial charge on any atom is 0.293 e. The molecule has 1 aliphatic rings. The van der Waals surface area contributed by atoms with Crippen molar-refractivity contribution in [2.24, 2.45) is 0 Å². The molecule has 1 N–H and O–H groups in total. The number of benzene rings is 2. The average molecular weight is 402 g/mol. The van der Waals surface area contributed by atoms with Gasteiger partial charge in [-0.1, -0.05) is 35.9 Å². The Morgan fingerprint density at radius 3 is 2.57 bits per heavy atom. The first-order valence-electron chi connectivity index (χ1n) is 8.41. The maximum atomic E-state index is 13.6. The minimum Gasteiger partial charge on any atom is -0.350 e. The highest BCUT2D eigenvalue weighted by molar-refractivity contribution is 8.18. The minimum absolute atomic E-state index is 0.0709. The Hall–Kier alpha value is -3.00. The Balaban J connectivity index is 1.61. The summed E-state index contributed by atoms with van der Waals surface area (Å²) < 4.78 is 26.8. The number of rotatable bonds is 5. The largest absolute Gasteiger partial charge is 0.350 e. The number of halogens is 2. The van der Waals surface area contributed by atoms with Crippen LogP contribution in [0.4, 0.5) is 13.6 Å². The van der Waals surface area contributed by atoms with Gasteiger partial charge in [-0.25, -0.2) is 8.78 Å². The third-order valence-electron chi connectivity index (χ3n) is 4.07. The van der Waals surface area contributed by atoms with Gasteiger partial charge < -0.3 is 5.32 Å². The normalized spacial score (nSPS) is 15.4. The van der Waals surface area contributed by atoms with Crippen LogP contribution in [0.2, 0.25) is 0 Å². The predicted molar refractivity (Wildman–Crippen MR) is 103 cm³/mol. The molecule has 0 atom stereocenters. The van der Waals surface area contributed by atoms with E-state index in [0.717, 1.165) is 39.9 Å². The number of carbonyl (C=O) groups is 3. The van der Waals surface area contributed by atoms with E-state index < -0.39 is 34.3 Å². The maximum absolute atomic E-state index is 13.6. The monoisotopic (exact) mass is 402 g/mol. The van der Waals surface area contributed by atoms with Gasteiger partial charge in [0.2, 0.25) is 0 Å². The number of imide groups is 1. The SMILES string of the molecule is Cc1ccc(/C=C2\SC(=O)N(CCNC(=O)c3cccc(F)c3F)C2=O)cc1. The van der Waals surface area contributed by atoms with Gasteiger partial charge in [-0.15, -0.1) is 0 Å². The molecule has 3 amide bonds. The summed E-state index contributed by atoms with van der Waals surface area (Å²) in [6, 6.07) is 10.8. The molecule has 1 fully saturated rings. The number of carbonyl (C=O) groups excluding carboxylic acids is 3. The summed E-state index contributed by atoms with van der Waals surface area (Å²) in [4.78, 5) is 37.8. The molecule has 144 valence electrons. The van der Waals surface area contributed by atoms with Gasteiger partial charge in [0.15, 0.2) is 11.6 Å². The summed E-state index contributed by atoms with van der Waals surface area (Å²) >= 11 is 0.817. The van der Waals surface area contributed by atoms with Gasteiger partial charge in [0.25, 0.3) is 17.1 Å². The van der Waals surface area contributed by atoms with Crippen LogP contribution < -0.4 is 5.32 Å². The summed E-state index contributed by atoms with van der Waals surface area (Å²) in [5, 5.41) is 1.94. The first-order valence-corrected chi connectivity index (χ1v) is 9.22. The number of nitrogens with zero attached hydrogens (tertiary/aromatic N) is 1. The molecule has 0 saturated carbocycles. The van der Waals surface area contributed by atoms with Crippen molar-refractivity contribution >= 4 is 34.9 Å². The second-order valence-corrected chi connectivity index (χ2v) is 7.09. The molecule has 0 radical (unpaired) electrons. The number of hydrogen-bond acceptors (Lipinski definition) is 4. The molecule has 8 heteroatoms. The minimum atomic E-state index is -1.24. The number of hydrogen-bond donors (Lipinski definition) is 1. The molecule has 2 aromatic carbocycles. The molecule has 0 spiro atoms. The van der Waals surface area contributed by atoms with Gasteiger partial charge in [0.05, 0.1) is 10.5 Å². The van der Waals surface area contributed by atoms with Crippen molar-refractivity contribution in [2.45, 2.75) is 6.92 Å². The Morgan fingerprint density at radius 2 is 1.86 bits per heavy atom. The van der Waals surface area contributed by atoms with E-state index in [1.165, 1.54) is 6.07 Å². The van der Waals surface area contributed by atoms with E-state index in [0.29, 0.717) is 0 Å². The first kappa shape index (κ1) is 19.8. The van der Waals surface area contributed by atoms with Gasteiger partial charge in [-0.3, -0.25) is 19.3 Å². The zero-order valence-corrected chi connectivity index (χ0v) is 15.7. The van der Waals surface area contributed by atoms with Crippen LogP contribution in [0.3, 0.4) is 0 Å². The summed E-state index contributed by atoms with van der Waals surface area (Å²) in [6.45, 7) is 1.80. The van der Waals surface area contributed by atoms with Crippen molar-refractivity contribution in [3.05, 3.63) is 75.7 Å². The van der Waals surface area contributed by atoms with Crippen LogP contribution in [0.25, 0.3) is 6.08 Å². The molecule has 3 rings (SSSR count). The highest BCUT2D eigenvalue weighted by Gasteiger charge is 2.34. The van der Waals surface area contributed by atoms with E-state index >= 15 is 0 Å². The lowest BCUT2D eigenvalue weighted by atomic mass is 10.1. The zero-order chi connectivity index (χ0) is 20.3. The van der Waals surface area contributed by atoms with Crippen LogP contribution in [-0.4, -0.2) is 35.0 Å². The molecule has 0 aliphatic carbocycles. The molecule has 5 nitrogen and oxygen atoms in total. The van der Waals surface area contributed by atoms with Gasteiger partial charge in [0.1, 0.15) is 0 Å². The summed E-state index contributed by atoms with van der Waals surface area (Å²) in [5.74, 6) is -3.65. The number of nitrogens with one attached hydrogen (secondary N) is 1. The van der Waals surface area contributed by atoms with Crippen molar-refractivity contribution in [1.29, 1.82) is 0 Å². The van der Waals surface area contributed by atoms with Crippen LogP contribution in [0.1, 0.15) is 21.5 Å². The second kappa shape index (κ2) is 8.35. The number of thioether (sulfide) groups is 1. The fourth-order valence-corrected chi connectivity index (χ4v) is 3.43. The lowest BCUT2D eigenvalue weighted by Gasteiger charge is -2.13. The number of aryl methyl sites for hydroxylation is 1. The Bertz CT molecular complexity index is 974. The van der Waals surface area contributed by atoms with E-state index in [-0.39, 0.29) is 18.0 Å². The summed E-state index contributed by atoms with van der Waals surface area (Å²) in [5.41, 5.74) is 1.44. The van der Waals surface area contributed by atoms with Crippen LogP contribution in [-0.2, 0) is 4.79 Å². The van der Waals surface area contributed by atoms with E-state index in [1.54, 1.807) is 6.08 Å². The highest BCUT2D eigenvalue weighted by atomic mass is 32.2. The zero-order valence-electron chi connectivity index (χ0n) is 14.9. The Morgan fingerprint density at radius 1 is 1.14 bits per heavy atom. The second-order valence-electron chi connectivity index (χ2n) is 6.10. The first-order chi connectivity index (χ1) is 13.4. The fraction of sp³-hybridized carbons (Fsp3) is 0.150. The van der Waals surface area contributed by atoms with Crippen LogP contribution >= 0.6 is 11.8 Å². The lowest BCUT2D eigenvalue weighted by molar-refractivity contribution is -0.122. The van der Waals surface area contributed by atoms with Gasteiger partial charge in [-0.2, -0.15) is 0 Å². The smallest absolute Gasteiger partial charge is 0.293 e. The summed E-state index contributed by atoms with van der Waals surface area (Å²) in [7, 11) is 0. The standard InChI is InChI=1S/C20H16F2N2O3S/c1-12-5-7-13(8-6-12)11-16-19(26)24(20(27)28-16)10-9-23-18(25)14-3-2-4-15(21)17(14)22/h2-8,11H,9-10H2,1H3,(H,23,25)/b16-11-. The average Bonchev–Trinajstić information content (AvgIpc) is 2.93. The van der Waals surface area contributed by atoms with Gasteiger partial charge in [0, 0.05) is 13.1 Å². The molecule has 2 aromatic rings. The molecular formula is C20H16F2N2O3S. The van der Waals surface area contributed by atoms with Crippen LogP contribution in [0, 0.1) is 18.6 Å². The molecule has 0 unspecified atom stereocenters. The molecule has 0 bridgehead atoms. The third kappa shape index (κ3) is 4.28. The molecular weight excluding hydrogens is 386 g/mol. The van der Waals surface area contributed by atoms with Gasteiger partial charge in [-0.05, 0) is 42.5 Å². The van der Waals surface area contributed by atoms with Crippen molar-refractivity contribution in [3.63, 3.8) is 0 Å². The number of amides is 3. The van der Waals surface area contributed by atoms with Crippen molar-refractivity contribution in [2.75, 3.05) is 13.1 Å². The Kier molecular flexibility index (Phi) is 5.89. The van der Waals surface area contributed by atoms with E-state index in [2.05, 4.69) is 5.32 Å². The molecule has 1 heterocycles. The Labute approximate surface area is 164 Å². The van der Waals surface area contributed by atoms with Crippen LogP contribution in [0.15, 0.2) is 47.4 Å².